The minimum atomic E-state index is -0.426. The standard InChI is InChI=1S/C14H13BrN2O3/c1-9-5-10(2)14(13(6-9)17(18)19)20-8-12-4-3-11(15)7-16-12/h3-7H,8H2,1-2H3. The van der Waals surface area contributed by atoms with E-state index in [0.29, 0.717) is 11.4 Å². The maximum atomic E-state index is 11.1. The van der Waals surface area contributed by atoms with E-state index in [1.165, 1.54) is 6.07 Å². The van der Waals surface area contributed by atoms with Crippen LogP contribution in [0.15, 0.2) is 34.9 Å². The third-order valence-electron chi connectivity index (χ3n) is 2.75. The second-order valence-corrected chi connectivity index (χ2v) is 5.36. The molecule has 2 aromatic rings. The van der Waals surface area contributed by atoms with Crippen molar-refractivity contribution in [1.82, 2.24) is 4.98 Å². The molecule has 1 aromatic carbocycles. The molecule has 0 aliphatic rings. The van der Waals surface area contributed by atoms with Gasteiger partial charge in [0.1, 0.15) is 6.61 Å². The summed E-state index contributed by atoms with van der Waals surface area (Å²) in [6.07, 6.45) is 1.66. The highest BCUT2D eigenvalue weighted by atomic mass is 79.9. The summed E-state index contributed by atoms with van der Waals surface area (Å²) in [5.74, 6) is 0.297. The number of nitro groups is 1. The SMILES string of the molecule is Cc1cc(C)c(OCc2ccc(Br)cn2)c([N+](=O)[O-])c1. The molecule has 0 atom stereocenters. The minimum Gasteiger partial charge on any atom is -0.480 e. The first-order valence-corrected chi connectivity index (χ1v) is 6.75. The highest BCUT2D eigenvalue weighted by Crippen LogP contribution is 2.32. The van der Waals surface area contributed by atoms with E-state index < -0.39 is 4.92 Å². The first-order valence-electron chi connectivity index (χ1n) is 5.96. The average Bonchev–Trinajstić information content (AvgIpc) is 2.38. The summed E-state index contributed by atoms with van der Waals surface area (Å²) >= 11 is 3.30. The molecule has 0 saturated heterocycles. The van der Waals surface area contributed by atoms with E-state index >= 15 is 0 Å². The predicted octanol–water partition coefficient (Wildman–Crippen LogP) is 3.95. The first kappa shape index (κ1) is 14.5. The summed E-state index contributed by atoms with van der Waals surface area (Å²) in [5.41, 5.74) is 2.28. The van der Waals surface area contributed by atoms with Gasteiger partial charge in [0, 0.05) is 16.7 Å². The molecule has 0 bridgehead atoms. The number of rotatable bonds is 4. The molecule has 0 amide bonds. The Morgan fingerprint density at radius 2 is 2.10 bits per heavy atom. The quantitative estimate of drug-likeness (QED) is 0.626. The van der Waals surface area contributed by atoms with E-state index in [9.17, 15) is 10.1 Å². The lowest BCUT2D eigenvalue weighted by Gasteiger charge is -2.10. The van der Waals surface area contributed by atoms with Crippen LogP contribution >= 0.6 is 15.9 Å². The Balaban J connectivity index is 2.24. The van der Waals surface area contributed by atoms with E-state index in [2.05, 4.69) is 20.9 Å². The molecular weight excluding hydrogens is 324 g/mol. The van der Waals surface area contributed by atoms with Crippen molar-refractivity contribution in [2.45, 2.75) is 20.5 Å². The molecule has 0 unspecified atom stereocenters. The monoisotopic (exact) mass is 336 g/mol. The molecule has 0 spiro atoms. The number of pyridine rings is 1. The summed E-state index contributed by atoms with van der Waals surface area (Å²) in [6, 6.07) is 7.02. The van der Waals surface area contributed by atoms with Crippen LogP contribution in [0.4, 0.5) is 5.69 Å². The van der Waals surface area contributed by atoms with Gasteiger partial charge in [-0.25, -0.2) is 0 Å². The first-order chi connectivity index (χ1) is 9.47. The Labute approximate surface area is 124 Å². The van der Waals surface area contributed by atoms with Gasteiger partial charge in [-0.15, -0.1) is 0 Å². The zero-order valence-corrected chi connectivity index (χ0v) is 12.7. The van der Waals surface area contributed by atoms with Gasteiger partial charge in [0.25, 0.3) is 0 Å². The second-order valence-electron chi connectivity index (χ2n) is 4.44. The number of nitro benzene ring substituents is 1. The molecule has 0 aliphatic heterocycles. The smallest absolute Gasteiger partial charge is 0.311 e. The number of nitrogens with zero attached hydrogens (tertiary/aromatic N) is 2. The van der Waals surface area contributed by atoms with Crippen LogP contribution in [-0.2, 0) is 6.61 Å². The fourth-order valence-electron chi connectivity index (χ4n) is 1.89. The highest BCUT2D eigenvalue weighted by molar-refractivity contribution is 9.10. The lowest BCUT2D eigenvalue weighted by molar-refractivity contribution is -0.386. The van der Waals surface area contributed by atoms with Crippen molar-refractivity contribution in [3.05, 3.63) is 61.9 Å². The number of hydrogen-bond acceptors (Lipinski definition) is 4. The number of ether oxygens (including phenoxy) is 1. The largest absolute Gasteiger partial charge is 0.480 e. The van der Waals surface area contributed by atoms with Gasteiger partial charge in [-0.3, -0.25) is 15.1 Å². The topological polar surface area (TPSA) is 65.3 Å². The Hall–Kier alpha value is -1.95. The Bertz CT molecular complexity index is 642. The zero-order chi connectivity index (χ0) is 14.7. The number of halogens is 1. The van der Waals surface area contributed by atoms with Crippen LogP contribution in [0.1, 0.15) is 16.8 Å². The van der Waals surface area contributed by atoms with Crippen LogP contribution < -0.4 is 4.74 Å². The molecule has 20 heavy (non-hydrogen) atoms. The van der Waals surface area contributed by atoms with Crippen molar-refractivity contribution in [3.8, 4) is 5.75 Å². The fourth-order valence-corrected chi connectivity index (χ4v) is 2.13. The minimum absolute atomic E-state index is 0.0142. The lowest BCUT2D eigenvalue weighted by atomic mass is 10.1. The number of aromatic nitrogens is 1. The van der Waals surface area contributed by atoms with E-state index in [1.807, 2.05) is 19.1 Å². The third kappa shape index (κ3) is 3.33. The van der Waals surface area contributed by atoms with Gasteiger partial charge in [-0.1, -0.05) is 6.07 Å². The second kappa shape index (κ2) is 6.00. The van der Waals surface area contributed by atoms with Crippen LogP contribution in [0, 0.1) is 24.0 Å². The average molecular weight is 337 g/mol. The fraction of sp³-hybridized carbons (Fsp3) is 0.214. The molecule has 1 aromatic heterocycles. The summed E-state index contributed by atoms with van der Waals surface area (Å²) in [7, 11) is 0. The van der Waals surface area contributed by atoms with Crippen molar-refractivity contribution in [2.75, 3.05) is 0 Å². The molecule has 0 radical (unpaired) electrons. The van der Waals surface area contributed by atoms with Gasteiger partial charge >= 0.3 is 5.69 Å². The van der Waals surface area contributed by atoms with E-state index in [-0.39, 0.29) is 12.3 Å². The maximum Gasteiger partial charge on any atom is 0.311 e. The normalized spacial score (nSPS) is 10.3. The van der Waals surface area contributed by atoms with Crippen LogP contribution in [0.3, 0.4) is 0 Å². The molecule has 0 aliphatic carbocycles. The van der Waals surface area contributed by atoms with Gasteiger partial charge in [-0.2, -0.15) is 0 Å². The number of aryl methyl sites for hydroxylation is 2. The van der Waals surface area contributed by atoms with Crippen molar-refractivity contribution >= 4 is 21.6 Å². The molecule has 5 nitrogen and oxygen atoms in total. The third-order valence-corrected chi connectivity index (χ3v) is 3.22. The van der Waals surface area contributed by atoms with Gasteiger partial charge in [0.15, 0.2) is 5.75 Å². The summed E-state index contributed by atoms with van der Waals surface area (Å²) in [6.45, 7) is 3.81. The van der Waals surface area contributed by atoms with Crippen LogP contribution in [-0.4, -0.2) is 9.91 Å². The summed E-state index contributed by atoms with van der Waals surface area (Å²) in [5, 5.41) is 11.1. The predicted molar refractivity (Wildman–Crippen MR) is 78.8 cm³/mol. The molecule has 0 saturated carbocycles. The van der Waals surface area contributed by atoms with Gasteiger partial charge < -0.3 is 4.74 Å². The molecule has 0 N–H and O–H groups in total. The zero-order valence-electron chi connectivity index (χ0n) is 11.1. The van der Waals surface area contributed by atoms with Crippen molar-refractivity contribution in [1.29, 1.82) is 0 Å². The molecule has 1 heterocycles. The molecular formula is C14H13BrN2O3. The molecule has 6 heteroatoms. The maximum absolute atomic E-state index is 11.1. The Morgan fingerprint density at radius 3 is 2.70 bits per heavy atom. The number of benzene rings is 1. The van der Waals surface area contributed by atoms with Crippen LogP contribution in [0.2, 0.25) is 0 Å². The van der Waals surface area contributed by atoms with Gasteiger partial charge in [0.2, 0.25) is 0 Å². The van der Waals surface area contributed by atoms with Crippen molar-refractivity contribution in [2.24, 2.45) is 0 Å². The van der Waals surface area contributed by atoms with Crippen LogP contribution in [0.5, 0.6) is 5.75 Å². The summed E-state index contributed by atoms with van der Waals surface area (Å²) < 4.78 is 6.46. The molecule has 0 fully saturated rings. The Kier molecular flexibility index (Phi) is 4.34. The van der Waals surface area contributed by atoms with Crippen molar-refractivity contribution < 1.29 is 9.66 Å². The van der Waals surface area contributed by atoms with Crippen LogP contribution in [0.25, 0.3) is 0 Å². The van der Waals surface area contributed by atoms with E-state index in [0.717, 1.165) is 15.6 Å². The highest BCUT2D eigenvalue weighted by Gasteiger charge is 2.18. The van der Waals surface area contributed by atoms with Gasteiger partial charge in [-0.05, 0) is 53.0 Å². The lowest BCUT2D eigenvalue weighted by Crippen LogP contribution is -2.02. The van der Waals surface area contributed by atoms with E-state index in [1.54, 1.807) is 19.2 Å². The summed E-state index contributed by atoms with van der Waals surface area (Å²) in [4.78, 5) is 14.8. The van der Waals surface area contributed by atoms with Crippen molar-refractivity contribution in [3.63, 3.8) is 0 Å². The van der Waals surface area contributed by atoms with E-state index in [4.69, 9.17) is 4.74 Å². The Morgan fingerprint density at radius 1 is 1.35 bits per heavy atom. The molecule has 2 rings (SSSR count). The van der Waals surface area contributed by atoms with Gasteiger partial charge in [0.05, 0.1) is 10.6 Å². The number of hydrogen-bond donors (Lipinski definition) is 0. The molecule has 104 valence electrons.